The summed E-state index contributed by atoms with van der Waals surface area (Å²) in [5.74, 6) is 0.514. The number of rotatable bonds is 4. The number of hydrogen-bond donors (Lipinski definition) is 1. The van der Waals surface area contributed by atoms with E-state index < -0.39 is 0 Å². The number of carbonyl (C=O) groups is 1. The molecule has 0 fully saturated rings. The second-order valence-corrected chi connectivity index (χ2v) is 6.61. The van der Waals surface area contributed by atoms with E-state index >= 15 is 0 Å². The summed E-state index contributed by atoms with van der Waals surface area (Å²) in [5, 5.41) is 3.75. The number of carbonyl (C=O) groups excluding carboxylic acids is 1. The predicted molar refractivity (Wildman–Crippen MR) is 81.9 cm³/mol. The minimum absolute atomic E-state index is 0.0972. The molecule has 2 heterocycles. The molecule has 0 radical (unpaired) electrons. The summed E-state index contributed by atoms with van der Waals surface area (Å²) in [5.41, 5.74) is 1.18. The Balaban J connectivity index is 1.59. The van der Waals surface area contributed by atoms with Gasteiger partial charge in [0.1, 0.15) is 0 Å². The summed E-state index contributed by atoms with van der Waals surface area (Å²) < 4.78 is 0. The van der Waals surface area contributed by atoms with Crippen LogP contribution in [0.3, 0.4) is 0 Å². The van der Waals surface area contributed by atoms with E-state index in [-0.39, 0.29) is 5.91 Å². The zero-order chi connectivity index (χ0) is 13.9. The summed E-state index contributed by atoms with van der Waals surface area (Å²) in [4.78, 5) is 20.3. The minimum atomic E-state index is 0.0972. The lowest BCUT2D eigenvalue weighted by Crippen LogP contribution is -2.29. The molecule has 3 rings (SSSR count). The molecule has 1 aliphatic carbocycles. The van der Waals surface area contributed by atoms with Crippen molar-refractivity contribution in [3.63, 3.8) is 0 Å². The topological polar surface area (TPSA) is 45.2 Å². The van der Waals surface area contributed by atoms with Crippen molar-refractivity contribution in [1.82, 2.24) is 9.88 Å². The smallest absolute Gasteiger partial charge is 0.226 e. The fraction of sp³-hybridized carbons (Fsp3) is 0.600. The number of likely N-dealkylation sites (N-methyl/N-ethyl adjacent to an activating group) is 1. The highest BCUT2D eigenvalue weighted by atomic mass is 32.1. The number of hydrogen-bond acceptors (Lipinski definition) is 4. The van der Waals surface area contributed by atoms with Crippen molar-refractivity contribution in [3.05, 3.63) is 22.7 Å². The first kappa shape index (κ1) is 13.8. The van der Waals surface area contributed by atoms with Crippen molar-refractivity contribution in [3.8, 4) is 0 Å². The zero-order valence-electron chi connectivity index (χ0n) is 11.9. The molecule has 4 nitrogen and oxygen atoms in total. The standard InChI is InChI=1S/C15H21N3OS/c1-2-18-8-7-12-13(10-18)20-15(16-12)17-14(19)9-11-5-3-4-6-11/h3,5,11H,2,4,6-10H2,1H3,(H,16,17,19). The molecule has 20 heavy (non-hydrogen) atoms. The van der Waals surface area contributed by atoms with E-state index in [9.17, 15) is 4.79 Å². The third-order valence-electron chi connectivity index (χ3n) is 4.06. The quantitative estimate of drug-likeness (QED) is 0.868. The lowest BCUT2D eigenvalue weighted by atomic mass is 10.1. The molecule has 0 bridgehead atoms. The van der Waals surface area contributed by atoms with Crippen LogP contribution < -0.4 is 5.32 Å². The van der Waals surface area contributed by atoms with Crippen LogP contribution in [0, 0.1) is 5.92 Å². The molecule has 1 amide bonds. The number of allylic oxidation sites excluding steroid dienone is 2. The Morgan fingerprint density at radius 1 is 1.60 bits per heavy atom. The Hall–Kier alpha value is -1.20. The fourth-order valence-electron chi connectivity index (χ4n) is 2.85. The average Bonchev–Trinajstić information content (AvgIpc) is 3.06. The molecule has 0 spiro atoms. The first-order chi connectivity index (χ1) is 9.74. The molecule has 0 saturated carbocycles. The minimum Gasteiger partial charge on any atom is -0.302 e. The Morgan fingerprint density at radius 2 is 2.50 bits per heavy atom. The van der Waals surface area contributed by atoms with Crippen LogP contribution in [-0.2, 0) is 17.8 Å². The lowest BCUT2D eigenvalue weighted by molar-refractivity contribution is -0.116. The van der Waals surface area contributed by atoms with Gasteiger partial charge in [0, 0.05) is 30.8 Å². The van der Waals surface area contributed by atoms with E-state index in [2.05, 4.69) is 34.3 Å². The first-order valence-corrected chi connectivity index (χ1v) is 8.23. The molecule has 1 aromatic heterocycles. The molecule has 1 aromatic rings. The summed E-state index contributed by atoms with van der Waals surface area (Å²) in [6.07, 6.45) is 8.12. The van der Waals surface area contributed by atoms with E-state index in [1.807, 2.05) is 0 Å². The van der Waals surface area contributed by atoms with Gasteiger partial charge in [-0.1, -0.05) is 19.1 Å². The van der Waals surface area contributed by atoms with E-state index in [4.69, 9.17) is 0 Å². The highest BCUT2D eigenvalue weighted by Gasteiger charge is 2.21. The summed E-state index contributed by atoms with van der Waals surface area (Å²) in [6, 6.07) is 0. The number of thiazole rings is 1. The number of fused-ring (bicyclic) bond motifs is 1. The molecule has 5 heteroatoms. The van der Waals surface area contributed by atoms with Gasteiger partial charge in [0.2, 0.25) is 5.91 Å². The summed E-state index contributed by atoms with van der Waals surface area (Å²) >= 11 is 1.64. The van der Waals surface area contributed by atoms with E-state index in [1.54, 1.807) is 11.3 Å². The molecule has 1 atom stereocenters. The molecular weight excluding hydrogens is 270 g/mol. The van der Waals surface area contributed by atoms with Gasteiger partial charge in [-0.05, 0) is 25.3 Å². The van der Waals surface area contributed by atoms with Crippen LogP contribution in [-0.4, -0.2) is 28.9 Å². The van der Waals surface area contributed by atoms with Gasteiger partial charge in [-0.3, -0.25) is 9.69 Å². The highest BCUT2D eigenvalue weighted by molar-refractivity contribution is 7.15. The number of anilines is 1. The number of aromatic nitrogens is 1. The highest BCUT2D eigenvalue weighted by Crippen LogP contribution is 2.29. The van der Waals surface area contributed by atoms with Crippen LogP contribution in [0.1, 0.15) is 36.8 Å². The molecule has 1 N–H and O–H groups in total. The van der Waals surface area contributed by atoms with Crippen molar-refractivity contribution >= 4 is 22.4 Å². The predicted octanol–water partition coefficient (Wildman–Crippen LogP) is 2.82. The Kier molecular flexibility index (Phi) is 4.17. The monoisotopic (exact) mass is 291 g/mol. The van der Waals surface area contributed by atoms with Gasteiger partial charge >= 0.3 is 0 Å². The zero-order valence-corrected chi connectivity index (χ0v) is 12.7. The van der Waals surface area contributed by atoms with Crippen LogP contribution in [0.2, 0.25) is 0 Å². The van der Waals surface area contributed by atoms with Crippen molar-refractivity contribution in [2.45, 2.75) is 39.2 Å². The van der Waals surface area contributed by atoms with Crippen LogP contribution >= 0.6 is 11.3 Å². The summed E-state index contributed by atoms with van der Waals surface area (Å²) in [7, 11) is 0. The van der Waals surface area contributed by atoms with Crippen molar-refractivity contribution in [2.75, 3.05) is 18.4 Å². The van der Waals surface area contributed by atoms with Crippen LogP contribution in [0.4, 0.5) is 5.13 Å². The van der Waals surface area contributed by atoms with Gasteiger partial charge < -0.3 is 5.32 Å². The van der Waals surface area contributed by atoms with E-state index in [0.717, 1.165) is 44.0 Å². The molecule has 108 valence electrons. The van der Waals surface area contributed by atoms with Crippen molar-refractivity contribution in [2.24, 2.45) is 5.92 Å². The van der Waals surface area contributed by atoms with Crippen LogP contribution in [0.5, 0.6) is 0 Å². The number of nitrogens with one attached hydrogen (secondary N) is 1. The molecular formula is C15H21N3OS. The molecule has 1 aliphatic heterocycles. The third-order valence-corrected chi connectivity index (χ3v) is 5.06. The Bertz CT molecular complexity index is 523. The maximum atomic E-state index is 12.0. The van der Waals surface area contributed by atoms with Gasteiger partial charge in [-0.25, -0.2) is 4.98 Å². The number of amides is 1. The van der Waals surface area contributed by atoms with Crippen LogP contribution in [0.15, 0.2) is 12.2 Å². The van der Waals surface area contributed by atoms with Gasteiger partial charge in [-0.15, -0.1) is 11.3 Å². The Labute approximate surface area is 123 Å². The van der Waals surface area contributed by atoms with Gasteiger partial charge in [0.25, 0.3) is 0 Å². The maximum Gasteiger partial charge on any atom is 0.226 e. The largest absolute Gasteiger partial charge is 0.302 e. The molecule has 2 aliphatic rings. The van der Waals surface area contributed by atoms with Gasteiger partial charge in [0.05, 0.1) is 5.69 Å². The van der Waals surface area contributed by atoms with E-state index in [1.165, 1.54) is 10.6 Å². The van der Waals surface area contributed by atoms with Gasteiger partial charge in [-0.2, -0.15) is 0 Å². The average molecular weight is 291 g/mol. The number of nitrogens with zero attached hydrogens (tertiary/aromatic N) is 2. The summed E-state index contributed by atoms with van der Waals surface area (Å²) in [6.45, 7) is 5.31. The maximum absolute atomic E-state index is 12.0. The molecule has 0 saturated heterocycles. The molecule has 1 unspecified atom stereocenters. The first-order valence-electron chi connectivity index (χ1n) is 7.42. The van der Waals surface area contributed by atoms with Crippen molar-refractivity contribution in [1.29, 1.82) is 0 Å². The van der Waals surface area contributed by atoms with Crippen molar-refractivity contribution < 1.29 is 4.79 Å². The second-order valence-electron chi connectivity index (χ2n) is 5.53. The fourth-order valence-corrected chi connectivity index (χ4v) is 3.91. The van der Waals surface area contributed by atoms with Crippen LogP contribution in [0.25, 0.3) is 0 Å². The molecule has 0 aromatic carbocycles. The third kappa shape index (κ3) is 3.10. The Morgan fingerprint density at radius 3 is 3.25 bits per heavy atom. The van der Waals surface area contributed by atoms with Gasteiger partial charge in [0.15, 0.2) is 5.13 Å². The SMILES string of the molecule is CCN1CCc2nc(NC(=O)CC3C=CCC3)sc2C1. The second kappa shape index (κ2) is 6.06. The normalized spacial score (nSPS) is 21.9. The van der Waals surface area contributed by atoms with E-state index in [0.29, 0.717) is 12.3 Å². The lowest BCUT2D eigenvalue weighted by Gasteiger charge is -2.23.